The Morgan fingerprint density at radius 2 is 1.96 bits per heavy atom. The molecule has 1 N–H and O–H groups in total. The maximum atomic E-state index is 11.5. The van der Waals surface area contributed by atoms with E-state index < -0.39 is 9.84 Å². The smallest absolute Gasteiger partial charge is 0.175 e. The lowest BCUT2D eigenvalue weighted by atomic mass is 10.1. The fourth-order valence-corrected chi connectivity index (χ4v) is 3.37. The molecule has 0 radical (unpaired) electrons. The average Bonchev–Trinajstić information content (AvgIpc) is 2.64. The minimum Gasteiger partial charge on any atom is -0.492 e. The molecule has 0 fully saturated rings. The van der Waals surface area contributed by atoms with E-state index in [1.165, 1.54) is 18.3 Å². The second-order valence-electron chi connectivity index (χ2n) is 5.84. The van der Waals surface area contributed by atoms with E-state index in [4.69, 9.17) is 16.3 Å². The van der Waals surface area contributed by atoms with Gasteiger partial charge in [0.15, 0.2) is 9.84 Å². The van der Waals surface area contributed by atoms with E-state index in [0.717, 1.165) is 17.2 Å². The van der Waals surface area contributed by atoms with Crippen LogP contribution in [0.5, 0.6) is 5.75 Å². The van der Waals surface area contributed by atoms with E-state index in [2.05, 4.69) is 16.4 Å². The number of sulfone groups is 1. The highest BCUT2D eigenvalue weighted by Crippen LogP contribution is 2.28. The molecule has 0 aliphatic rings. The van der Waals surface area contributed by atoms with Crippen LogP contribution >= 0.6 is 11.6 Å². The molecule has 0 unspecified atom stereocenters. The number of rotatable bonds is 6. The lowest BCUT2D eigenvalue weighted by molar-refractivity contribution is 0.332. The van der Waals surface area contributed by atoms with Gasteiger partial charge in [0.25, 0.3) is 0 Å². The molecule has 2 aromatic carbocycles. The Balaban J connectivity index is 1.69. The second-order valence-corrected chi connectivity index (χ2v) is 8.29. The van der Waals surface area contributed by atoms with Gasteiger partial charge < -0.3 is 10.1 Å². The number of fused-ring (bicyclic) bond motifs is 1. The molecule has 1 heterocycles. The molecule has 0 saturated heterocycles. The first-order chi connectivity index (χ1) is 12.9. The van der Waals surface area contributed by atoms with Crippen LogP contribution in [0, 0.1) is 11.3 Å². The molecule has 138 valence electrons. The number of anilines is 1. The summed E-state index contributed by atoms with van der Waals surface area (Å²) >= 11 is 6.07. The fraction of sp³-hybridized carbons (Fsp3) is 0.158. The van der Waals surface area contributed by atoms with Crippen LogP contribution in [0.4, 0.5) is 5.69 Å². The predicted molar refractivity (Wildman–Crippen MR) is 105 cm³/mol. The monoisotopic (exact) mass is 401 g/mol. The number of aromatic nitrogens is 1. The zero-order valence-electron chi connectivity index (χ0n) is 14.4. The van der Waals surface area contributed by atoms with Crippen molar-refractivity contribution in [3.63, 3.8) is 0 Å². The summed E-state index contributed by atoms with van der Waals surface area (Å²) in [5.41, 5.74) is 1.81. The molecule has 0 spiro atoms. The van der Waals surface area contributed by atoms with E-state index >= 15 is 0 Å². The van der Waals surface area contributed by atoms with Gasteiger partial charge in [-0.1, -0.05) is 11.6 Å². The third kappa shape index (κ3) is 4.48. The maximum absolute atomic E-state index is 11.5. The number of ether oxygens (including phenoxy) is 1. The molecule has 1 aromatic heterocycles. The number of nitrogens with zero attached hydrogens (tertiary/aromatic N) is 2. The molecule has 6 nitrogen and oxygen atoms in total. The summed E-state index contributed by atoms with van der Waals surface area (Å²) in [4.78, 5) is 4.50. The maximum Gasteiger partial charge on any atom is 0.175 e. The summed E-state index contributed by atoms with van der Waals surface area (Å²) in [7, 11) is -3.23. The summed E-state index contributed by atoms with van der Waals surface area (Å²) in [6.07, 6.45) is 2.67. The fourth-order valence-electron chi connectivity index (χ4n) is 2.57. The third-order valence-corrected chi connectivity index (χ3v) is 5.24. The molecule has 0 aliphatic carbocycles. The van der Waals surface area contributed by atoms with Crippen molar-refractivity contribution in [1.82, 2.24) is 4.98 Å². The quantitative estimate of drug-likeness (QED) is 0.634. The number of nitrogens with one attached hydrogen (secondary N) is 1. The molecule has 0 atom stereocenters. The van der Waals surface area contributed by atoms with E-state index in [9.17, 15) is 13.7 Å². The molecular weight excluding hydrogens is 386 g/mol. The summed E-state index contributed by atoms with van der Waals surface area (Å²) in [5.74, 6) is 0.562. The van der Waals surface area contributed by atoms with E-state index in [0.29, 0.717) is 35.2 Å². The standard InChI is InChI=1S/C19H16ClN3O3S/c1-27(24,25)16-5-3-15(4-6-16)26-9-8-22-19-13(11-21)12-23-18-7-2-14(20)10-17(18)19/h2-7,10,12H,8-9H2,1H3,(H,22,23). The van der Waals surface area contributed by atoms with Crippen molar-refractivity contribution in [2.75, 3.05) is 24.7 Å². The molecule has 0 saturated carbocycles. The molecule has 27 heavy (non-hydrogen) atoms. The van der Waals surface area contributed by atoms with Crippen LogP contribution in [-0.4, -0.2) is 32.8 Å². The largest absolute Gasteiger partial charge is 0.492 e. The minimum atomic E-state index is -3.23. The number of benzene rings is 2. The lowest BCUT2D eigenvalue weighted by Crippen LogP contribution is -2.13. The summed E-state index contributed by atoms with van der Waals surface area (Å²) in [6.45, 7) is 0.765. The van der Waals surface area contributed by atoms with E-state index in [1.54, 1.807) is 30.3 Å². The summed E-state index contributed by atoms with van der Waals surface area (Å²) in [6, 6.07) is 13.7. The average molecular weight is 402 g/mol. The van der Waals surface area contributed by atoms with Gasteiger partial charge in [0.05, 0.1) is 21.7 Å². The molecule has 8 heteroatoms. The lowest BCUT2D eigenvalue weighted by Gasteiger charge is -2.12. The predicted octanol–water partition coefficient (Wildman–Crippen LogP) is 3.65. The first-order valence-electron chi connectivity index (χ1n) is 8.03. The van der Waals surface area contributed by atoms with Crippen LogP contribution in [0.15, 0.2) is 53.6 Å². The molecule has 0 amide bonds. The van der Waals surface area contributed by atoms with Gasteiger partial charge in [-0.3, -0.25) is 4.98 Å². The van der Waals surface area contributed by atoms with Crippen molar-refractivity contribution in [1.29, 1.82) is 5.26 Å². The van der Waals surface area contributed by atoms with Crippen molar-refractivity contribution < 1.29 is 13.2 Å². The highest BCUT2D eigenvalue weighted by molar-refractivity contribution is 7.90. The topological polar surface area (TPSA) is 92.1 Å². The number of nitriles is 1. The van der Waals surface area contributed by atoms with Gasteiger partial charge in [0, 0.05) is 29.4 Å². The summed E-state index contributed by atoms with van der Waals surface area (Å²) < 4.78 is 28.5. The van der Waals surface area contributed by atoms with Crippen molar-refractivity contribution in [3.05, 3.63) is 59.2 Å². The Morgan fingerprint density at radius 1 is 1.22 bits per heavy atom. The first kappa shape index (κ1) is 19.0. The van der Waals surface area contributed by atoms with Crippen LogP contribution in [0.3, 0.4) is 0 Å². The van der Waals surface area contributed by atoms with Gasteiger partial charge in [-0.15, -0.1) is 0 Å². The SMILES string of the molecule is CS(=O)(=O)c1ccc(OCCNc2c(C#N)cnc3ccc(Cl)cc23)cc1. The molecular formula is C19H16ClN3O3S. The Bertz CT molecular complexity index is 1120. The van der Waals surface area contributed by atoms with Crippen LogP contribution in [-0.2, 0) is 9.84 Å². The van der Waals surface area contributed by atoms with Crippen LogP contribution in [0.2, 0.25) is 5.02 Å². The van der Waals surface area contributed by atoms with E-state index in [-0.39, 0.29) is 4.90 Å². The molecule has 3 aromatic rings. The molecule has 0 aliphatic heterocycles. The van der Waals surface area contributed by atoms with Gasteiger partial charge in [-0.25, -0.2) is 8.42 Å². The van der Waals surface area contributed by atoms with Gasteiger partial charge in [-0.2, -0.15) is 5.26 Å². The normalized spacial score (nSPS) is 11.1. The summed E-state index contributed by atoms with van der Waals surface area (Å²) in [5, 5.41) is 13.9. The van der Waals surface area contributed by atoms with Crippen LogP contribution in [0.1, 0.15) is 5.56 Å². The van der Waals surface area contributed by atoms with Crippen LogP contribution in [0.25, 0.3) is 10.9 Å². The number of hydrogen-bond donors (Lipinski definition) is 1. The van der Waals surface area contributed by atoms with Gasteiger partial charge in [0.1, 0.15) is 18.4 Å². The highest BCUT2D eigenvalue weighted by Gasteiger charge is 2.10. The van der Waals surface area contributed by atoms with Crippen molar-refractivity contribution >= 4 is 38.0 Å². The van der Waals surface area contributed by atoms with Crippen molar-refractivity contribution in [2.24, 2.45) is 0 Å². The Labute approximate surface area is 162 Å². The zero-order chi connectivity index (χ0) is 19.4. The van der Waals surface area contributed by atoms with Gasteiger partial charge in [0.2, 0.25) is 0 Å². The Hall–Kier alpha value is -2.82. The minimum absolute atomic E-state index is 0.242. The van der Waals surface area contributed by atoms with Crippen molar-refractivity contribution in [3.8, 4) is 11.8 Å². The Kier molecular flexibility index (Phi) is 5.49. The van der Waals surface area contributed by atoms with Gasteiger partial charge >= 0.3 is 0 Å². The van der Waals surface area contributed by atoms with E-state index in [1.807, 2.05) is 0 Å². The first-order valence-corrected chi connectivity index (χ1v) is 10.3. The second kappa shape index (κ2) is 7.82. The van der Waals surface area contributed by atoms with Crippen LogP contribution < -0.4 is 10.1 Å². The molecule has 3 rings (SSSR count). The highest BCUT2D eigenvalue weighted by atomic mass is 35.5. The third-order valence-electron chi connectivity index (χ3n) is 3.87. The number of hydrogen-bond acceptors (Lipinski definition) is 6. The number of halogens is 1. The number of pyridine rings is 1. The molecule has 0 bridgehead atoms. The van der Waals surface area contributed by atoms with Gasteiger partial charge in [-0.05, 0) is 42.5 Å². The zero-order valence-corrected chi connectivity index (χ0v) is 16.0. The Morgan fingerprint density at radius 3 is 2.63 bits per heavy atom. The van der Waals surface area contributed by atoms with Crippen molar-refractivity contribution in [2.45, 2.75) is 4.90 Å².